The number of hydrogen-bond donors (Lipinski definition) is 3. The van der Waals surface area contributed by atoms with Gasteiger partial charge in [-0.05, 0) is 23.3 Å². The van der Waals surface area contributed by atoms with Crippen LogP contribution in [-0.2, 0) is 11.2 Å². The molecule has 0 bridgehead atoms. The highest BCUT2D eigenvalue weighted by Crippen LogP contribution is 2.20. The molecule has 15 heavy (non-hydrogen) atoms. The SMILES string of the molecule is NC[C@@H](N)c1ccc(Cl)cc1CC(=O)O. The van der Waals surface area contributed by atoms with Gasteiger partial charge in [0.05, 0.1) is 6.42 Å². The second-order valence-corrected chi connectivity index (χ2v) is 3.69. The predicted molar refractivity (Wildman–Crippen MR) is 58.8 cm³/mol. The lowest BCUT2D eigenvalue weighted by Crippen LogP contribution is -2.22. The summed E-state index contributed by atoms with van der Waals surface area (Å²) < 4.78 is 0. The van der Waals surface area contributed by atoms with Gasteiger partial charge in [-0.15, -0.1) is 0 Å². The molecule has 0 fully saturated rings. The van der Waals surface area contributed by atoms with Crippen molar-refractivity contribution in [1.82, 2.24) is 0 Å². The Hall–Kier alpha value is -1.10. The lowest BCUT2D eigenvalue weighted by molar-refractivity contribution is -0.136. The average molecular weight is 229 g/mol. The van der Waals surface area contributed by atoms with E-state index >= 15 is 0 Å². The molecule has 1 aromatic carbocycles. The number of nitrogens with two attached hydrogens (primary N) is 2. The van der Waals surface area contributed by atoms with Crippen molar-refractivity contribution in [3.8, 4) is 0 Å². The van der Waals surface area contributed by atoms with Crippen LogP contribution in [-0.4, -0.2) is 17.6 Å². The van der Waals surface area contributed by atoms with E-state index in [4.69, 9.17) is 28.2 Å². The van der Waals surface area contributed by atoms with Crippen molar-refractivity contribution >= 4 is 17.6 Å². The zero-order valence-electron chi connectivity index (χ0n) is 8.11. The van der Waals surface area contributed by atoms with Crippen LogP contribution in [0.15, 0.2) is 18.2 Å². The van der Waals surface area contributed by atoms with Gasteiger partial charge in [0.1, 0.15) is 0 Å². The molecule has 0 amide bonds. The van der Waals surface area contributed by atoms with E-state index in [2.05, 4.69) is 0 Å². The molecule has 0 aliphatic rings. The molecule has 0 aliphatic carbocycles. The van der Waals surface area contributed by atoms with Crippen molar-refractivity contribution < 1.29 is 9.90 Å². The van der Waals surface area contributed by atoms with E-state index in [1.54, 1.807) is 18.2 Å². The second kappa shape index (κ2) is 5.11. The maximum Gasteiger partial charge on any atom is 0.307 e. The fourth-order valence-electron chi connectivity index (χ4n) is 1.38. The van der Waals surface area contributed by atoms with Gasteiger partial charge in [0.15, 0.2) is 0 Å². The molecular formula is C10H13ClN2O2. The number of rotatable bonds is 4. The Labute approximate surface area is 92.8 Å². The van der Waals surface area contributed by atoms with Crippen molar-refractivity contribution in [1.29, 1.82) is 0 Å². The minimum absolute atomic E-state index is 0.0937. The molecule has 5 heteroatoms. The Balaban J connectivity index is 3.08. The summed E-state index contributed by atoms with van der Waals surface area (Å²) in [7, 11) is 0. The molecule has 4 nitrogen and oxygen atoms in total. The maximum absolute atomic E-state index is 10.6. The van der Waals surface area contributed by atoms with E-state index in [1.807, 2.05) is 0 Å². The molecule has 1 rings (SSSR count). The molecular weight excluding hydrogens is 216 g/mol. The van der Waals surface area contributed by atoms with E-state index in [0.717, 1.165) is 5.56 Å². The Kier molecular flexibility index (Phi) is 4.08. The lowest BCUT2D eigenvalue weighted by Gasteiger charge is -2.13. The van der Waals surface area contributed by atoms with Crippen LogP contribution in [0.3, 0.4) is 0 Å². The highest BCUT2D eigenvalue weighted by Gasteiger charge is 2.12. The monoisotopic (exact) mass is 228 g/mol. The minimum Gasteiger partial charge on any atom is -0.481 e. The first kappa shape index (κ1) is 12.0. The van der Waals surface area contributed by atoms with Gasteiger partial charge in [-0.3, -0.25) is 4.79 Å². The van der Waals surface area contributed by atoms with E-state index in [0.29, 0.717) is 10.6 Å². The Morgan fingerprint density at radius 3 is 2.73 bits per heavy atom. The zero-order chi connectivity index (χ0) is 11.4. The first-order chi connectivity index (χ1) is 7.04. The van der Waals surface area contributed by atoms with Crippen LogP contribution >= 0.6 is 11.6 Å². The Morgan fingerprint density at radius 1 is 1.53 bits per heavy atom. The highest BCUT2D eigenvalue weighted by atomic mass is 35.5. The van der Waals surface area contributed by atoms with Crippen molar-refractivity contribution in [2.24, 2.45) is 11.5 Å². The molecule has 0 radical (unpaired) electrons. The van der Waals surface area contributed by atoms with Crippen LogP contribution in [0.5, 0.6) is 0 Å². The predicted octanol–water partition coefficient (Wildman–Crippen LogP) is 0.926. The lowest BCUT2D eigenvalue weighted by atomic mass is 9.99. The zero-order valence-corrected chi connectivity index (χ0v) is 8.87. The first-order valence-corrected chi connectivity index (χ1v) is 4.88. The number of hydrogen-bond acceptors (Lipinski definition) is 3. The molecule has 82 valence electrons. The van der Waals surface area contributed by atoms with Crippen LogP contribution in [0.25, 0.3) is 0 Å². The van der Waals surface area contributed by atoms with Gasteiger partial charge in [-0.25, -0.2) is 0 Å². The minimum atomic E-state index is -0.914. The summed E-state index contributed by atoms with van der Waals surface area (Å²) in [5.74, 6) is -0.914. The molecule has 0 aliphatic heterocycles. The topological polar surface area (TPSA) is 89.3 Å². The van der Waals surface area contributed by atoms with Crippen molar-refractivity contribution in [2.45, 2.75) is 12.5 Å². The number of carbonyl (C=O) groups is 1. The third-order valence-corrected chi connectivity index (χ3v) is 2.34. The first-order valence-electron chi connectivity index (χ1n) is 4.50. The van der Waals surface area contributed by atoms with Gasteiger partial charge < -0.3 is 16.6 Å². The average Bonchev–Trinajstić information content (AvgIpc) is 2.16. The van der Waals surface area contributed by atoms with Gasteiger partial charge in [0.2, 0.25) is 0 Å². The number of benzene rings is 1. The largest absolute Gasteiger partial charge is 0.481 e. The third kappa shape index (κ3) is 3.20. The molecule has 1 atom stereocenters. The fourth-order valence-corrected chi connectivity index (χ4v) is 1.57. The maximum atomic E-state index is 10.6. The summed E-state index contributed by atoms with van der Waals surface area (Å²) in [6.45, 7) is 0.272. The summed E-state index contributed by atoms with van der Waals surface area (Å²) in [4.78, 5) is 10.6. The summed E-state index contributed by atoms with van der Waals surface area (Å²) in [6, 6.07) is 4.66. The standard InChI is InChI=1S/C10H13ClN2O2/c11-7-1-2-8(9(13)5-12)6(3-7)4-10(14)15/h1-3,9H,4-5,12-13H2,(H,14,15)/t9-/m1/s1. The van der Waals surface area contributed by atoms with Crippen molar-refractivity contribution in [3.05, 3.63) is 34.3 Å². The van der Waals surface area contributed by atoms with E-state index in [1.165, 1.54) is 0 Å². The molecule has 0 heterocycles. The van der Waals surface area contributed by atoms with Crippen LogP contribution < -0.4 is 11.5 Å². The highest BCUT2D eigenvalue weighted by molar-refractivity contribution is 6.30. The van der Waals surface area contributed by atoms with Crippen LogP contribution in [0.2, 0.25) is 5.02 Å². The van der Waals surface area contributed by atoms with Gasteiger partial charge >= 0.3 is 5.97 Å². The summed E-state index contributed by atoms with van der Waals surface area (Å²) in [5, 5.41) is 9.22. The van der Waals surface area contributed by atoms with Gasteiger partial charge in [0.25, 0.3) is 0 Å². The molecule has 0 aromatic heterocycles. The quantitative estimate of drug-likeness (QED) is 0.715. The fraction of sp³-hybridized carbons (Fsp3) is 0.300. The normalized spacial score (nSPS) is 12.5. The van der Waals surface area contributed by atoms with Crippen LogP contribution in [0.4, 0.5) is 0 Å². The van der Waals surface area contributed by atoms with E-state index < -0.39 is 5.97 Å². The summed E-state index contributed by atoms with van der Waals surface area (Å²) in [5.41, 5.74) is 12.6. The molecule has 5 N–H and O–H groups in total. The Morgan fingerprint density at radius 2 is 2.20 bits per heavy atom. The number of aliphatic carboxylic acids is 1. The van der Waals surface area contributed by atoms with Crippen molar-refractivity contribution in [2.75, 3.05) is 6.54 Å². The summed E-state index contributed by atoms with van der Waals surface area (Å²) >= 11 is 5.78. The molecule has 0 saturated heterocycles. The summed E-state index contributed by atoms with van der Waals surface area (Å²) in [6.07, 6.45) is -0.0937. The third-order valence-electron chi connectivity index (χ3n) is 2.10. The molecule has 1 aromatic rings. The molecule has 0 spiro atoms. The number of carboxylic acids is 1. The number of halogens is 1. The van der Waals surface area contributed by atoms with Gasteiger partial charge in [-0.1, -0.05) is 17.7 Å². The molecule has 0 unspecified atom stereocenters. The number of carboxylic acid groups (broad SMARTS) is 1. The van der Waals surface area contributed by atoms with Gasteiger partial charge in [-0.2, -0.15) is 0 Å². The van der Waals surface area contributed by atoms with Crippen molar-refractivity contribution in [3.63, 3.8) is 0 Å². The smallest absolute Gasteiger partial charge is 0.307 e. The Bertz CT molecular complexity index is 368. The van der Waals surface area contributed by atoms with E-state index in [9.17, 15) is 4.79 Å². The second-order valence-electron chi connectivity index (χ2n) is 3.26. The van der Waals surface area contributed by atoms with Crippen LogP contribution in [0, 0.1) is 0 Å². The van der Waals surface area contributed by atoms with Gasteiger partial charge in [0, 0.05) is 17.6 Å². The molecule has 0 saturated carbocycles. The van der Waals surface area contributed by atoms with Crippen LogP contribution in [0.1, 0.15) is 17.2 Å². The van der Waals surface area contributed by atoms with E-state index in [-0.39, 0.29) is 19.0 Å².